The first kappa shape index (κ1) is 8.43. The van der Waals surface area contributed by atoms with Gasteiger partial charge in [0.1, 0.15) is 0 Å². The number of hydrogen-bond donors (Lipinski definition) is 1. The summed E-state index contributed by atoms with van der Waals surface area (Å²) in [6.07, 6.45) is -0.662. The topological polar surface area (TPSA) is 60.4 Å². The van der Waals surface area contributed by atoms with Crippen molar-refractivity contribution in [1.82, 2.24) is 0 Å². The monoisotopic (exact) mass is 131 g/mol. The molecule has 2 atom stereocenters. The maximum absolute atomic E-state index is 9.94. The zero-order valence-electron chi connectivity index (χ0n) is 5.63. The molecule has 0 aliphatic heterocycles. The van der Waals surface area contributed by atoms with Crippen molar-refractivity contribution >= 4 is 5.97 Å². The molecular formula is C6H11O3-. The molecule has 3 heteroatoms. The number of carbonyl (C=O) groups is 1. The van der Waals surface area contributed by atoms with Crippen LogP contribution in [0, 0.1) is 5.92 Å². The van der Waals surface area contributed by atoms with Crippen LogP contribution in [0.4, 0.5) is 0 Å². The summed E-state index contributed by atoms with van der Waals surface area (Å²) in [4.78, 5) is 9.94. The standard InChI is InChI=1S/C6H12O3/c1-3-4(2)5(7)6(8)9/h4-5,7H,3H2,1-2H3,(H,8,9)/p-1/t4?,5-/m1/s1. The van der Waals surface area contributed by atoms with Gasteiger partial charge in [-0.15, -0.1) is 0 Å². The highest BCUT2D eigenvalue weighted by atomic mass is 16.4. The second-order valence-electron chi connectivity index (χ2n) is 2.15. The molecule has 3 nitrogen and oxygen atoms in total. The van der Waals surface area contributed by atoms with Crippen molar-refractivity contribution in [2.24, 2.45) is 5.92 Å². The first-order valence-electron chi connectivity index (χ1n) is 2.98. The summed E-state index contributed by atoms with van der Waals surface area (Å²) < 4.78 is 0. The van der Waals surface area contributed by atoms with Gasteiger partial charge in [0.2, 0.25) is 0 Å². The average Bonchev–Trinajstić information content (AvgIpc) is 1.84. The van der Waals surface area contributed by atoms with E-state index in [-0.39, 0.29) is 5.92 Å². The lowest BCUT2D eigenvalue weighted by Crippen LogP contribution is -2.39. The third-order valence-corrected chi connectivity index (χ3v) is 1.42. The minimum absolute atomic E-state index is 0.213. The molecule has 0 amide bonds. The molecule has 0 aromatic carbocycles. The van der Waals surface area contributed by atoms with Crippen LogP contribution in [0.15, 0.2) is 0 Å². The van der Waals surface area contributed by atoms with E-state index >= 15 is 0 Å². The smallest absolute Gasteiger partial charge is 0.0958 e. The van der Waals surface area contributed by atoms with Crippen molar-refractivity contribution in [2.45, 2.75) is 26.4 Å². The van der Waals surface area contributed by atoms with E-state index in [9.17, 15) is 9.90 Å². The Hall–Kier alpha value is -0.570. The maximum Gasteiger partial charge on any atom is 0.0958 e. The molecule has 0 saturated heterocycles. The third-order valence-electron chi connectivity index (χ3n) is 1.42. The van der Waals surface area contributed by atoms with Gasteiger partial charge in [-0.05, 0) is 5.92 Å². The molecule has 1 N–H and O–H groups in total. The molecule has 0 heterocycles. The van der Waals surface area contributed by atoms with Crippen molar-refractivity contribution < 1.29 is 15.0 Å². The Labute approximate surface area is 54.3 Å². The number of hydrogen-bond acceptors (Lipinski definition) is 3. The van der Waals surface area contributed by atoms with E-state index in [1.54, 1.807) is 6.92 Å². The molecule has 0 fully saturated rings. The van der Waals surface area contributed by atoms with Crippen molar-refractivity contribution in [3.8, 4) is 0 Å². The normalized spacial score (nSPS) is 16.8. The van der Waals surface area contributed by atoms with Crippen LogP contribution in [-0.2, 0) is 4.79 Å². The highest BCUT2D eigenvalue weighted by molar-refractivity contribution is 5.69. The van der Waals surface area contributed by atoms with Gasteiger partial charge in [0, 0.05) is 0 Å². The van der Waals surface area contributed by atoms with Gasteiger partial charge in [0.15, 0.2) is 0 Å². The Morgan fingerprint density at radius 2 is 2.22 bits per heavy atom. The second-order valence-corrected chi connectivity index (χ2v) is 2.15. The van der Waals surface area contributed by atoms with Crippen LogP contribution < -0.4 is 5.11 Å². The van der Waals surface area contributed by atoms with Crippen LogP contribution in [0.1, 0.15) is 20.3 Å². The van der Waals surface area contributed by atoms with E-state index in [1.807, 2.05) is 6.92 Å². The molecular weight excluding hydrogens is 120 g/mol. The highest BCUT2D eigenvalue weighted by Gasteiger charge is 2.11. The van der Waals surface area contributed by atoms with Crippen LogP contribution in [0.5, 0.6) is 0 Å². The van der Waals surface area contributed by atoms with Crippen LogP contribution in [-0.4, -0.2) is 17.2 Å². The lowest BCUT2D eigenvalue weighted by Gasteiger charge is -2.16. The summed E-state index contributed by atoms with van der Waals surface area (Å²) in [7, 11) is 0. The van der Waals surface area contributed by atoms with E-state index in [4.69, 9.17) is 5.11 Å². The minimum Gasteiger partial charge on any atom is -0.547 e. The van der Waals surface area contributed by atoms with E-state index in [0.717, 1.165) is 0 Å². The van der Waals surface area contributed by atoms with E-state index in [1.165, 1.54) is 0 Å². The predicted octanol–water partition coefficient (Wildman–Crippen LogP) is -0.857. The van der Waals surface area contributed by atoms with Crippen LogP contribution >= 0.6 is 0 Å². The molecule has 0 aromatic heterocycles. The van der Waals surface area contributed by atoms with Crippen molar-refractivity contribution in [3.63, 3.8) is 0 Å². The number of carboxylic acids is 1. The summed E-state index contributed by atoms with van der Waals surface area (Å²) in [6.45, 7) is 3.48. The van der Waals surface area contributed by atoms with Gasteiger partial charge in [-0.2, -0.15) is 0 Å². The highest BCUT2D eigenvalue weighted by Crippen LogP contribution is 2.05. The lowest BCUT2D eigenvalue weighted by molar-refractivity contribution is -0.317. The lowest BCUT2D eigenvalue weighted by atomic mass is 10.0. The first-order chi connectivity index (χ1) is 4.09. The number of aliphatic carboxylic acids is 1. The first-order valence-corrected chi connectivity index (χ1v) is 2.98. The SMILES string of the molecule is CCC(C)[C@@H](O)C(=O)[O-]. The van der Waals surface area contributed by atoms with Crippen LogP contribution in [0.2, 0.25) is 0 Å². The van der Waals surface area contributed by atoms with Gasteiger partial charge in [-0.25, -0.2) is 0 Å². The second kappa shape index (κ2) is 3.45. The number of aliphatic hydroxyl groups excluding tert-OH is 1. The molecule has 1 unspecified atom stereocenters. The van der Waals surface area contributed by atoms with Gasteiger partial charge in [0.25, 0.3) is 0 Å². The predicted molar refractivity (Wildman–Crippen MR) is 30.5 cm³/mol. The van der Waals surface area contributed by atoms with Gasteiger partial charge in [0.05, 0.1) is 12.1 Å². The zero-order chi connectivity index (χ0) is 7.44. The zero-order valence-corrected chi connectivity index (χ0v) is 5.63. The summed E-state index contributed by atoms with van der Waals surface area (Å²) in [5, 5.41) is 18.7. The van der Waals surface area contributed by atoms with Gasteiger partial charge in [-0.1, -0.05) is 20.3 Å². The van der Waals surface area contributed by atoms with E-state index in [2.05, 4.69) is 0 Å². The number of carbonyl (C=O) groups excluding carboxylic acids is 1. The van der Waals surface area contributed by atoms with Gasteiger partial charge >= 0.3 is 0 Å². The van der Waals surface area contributed by atoms with E-state index < -0.39 is 12.1 Å². The Bertz CT molecular complexity index is 100. The molecule has 0 rings (SSSR count). The Morgan fingerprint density at radius 3 is 2.33 bits per heavy atom. The molecule has 0 saturated carbocycles. The summed E-state index contributed by atoms with van der Waals surface area (Å²) in [5.74, 6) is -1.60. The summed E-state index contributed by atoms with van der Waals surface area (Å²) in [5.41, 5.74) is 0. The molecule has 54 valence electrons. The Kier molecular flexibility index (Phi) is 3.24. The molecule has 0 radical (unpaired) electrons. The fourth-order valence-electron chi connectivity index (χ4n) is 0.456. The molecule has 0 aliphatic carbocycles. The number of aliphatic hydroxyl groups is 1. The molecule has 0 aromatic rings. The fraction of sp³-hybridized carbons (Fsp3) is 0.833. The molecule has 0 bridgehead atoms. The van der Waals surface area contributed by atoms with Gasteiger partial charge in [-0.3, -0.25) is 0 Å². The van der Waals surface area contributed by atoms with Crippen molar-refractivity contribution in [1.29, 1.82) is 0 Å². The third kappa shape index (κ3) is 2.46. The van der Waals surface area contributed by atoms with Crippen LogP contribution in [0.25, 0.3) is 0 Å². The molecule has 0 spiro atoms. The van der Waals surface area contributed by atoms with Crippen molar-refractivity contribution in [2.75, 3.05) is 0 Å². The Balaban J connectivity index is 3.72. The van der Waals surface area contributed by atoms with E-state index in [0.29, 0.717) is 6.42 Å². The summed E-state index contributed by atoms with van der Waals surface area (Å²) in [6, 6.07) is 0. The fourth-order valence-corrected chi connectivity index (χ4v) is 0.456. The van der Waals surface area contributed by atoms with Gasteiger partial charge < -0.3 is 15.0 Å². The minimum atomic E-state index is -1.38. The molecule has 0 aliphatic rings. The van der Waals surface area contributed by atoms with Crippen LogP contribution in [0.3, 0.4) is 0 Å². The average molecular weight is 131 g/mol. The number of carboxylic acid groups (broad SMARTS) is 1. The Morgan fingerprint density at radius 1 is 1.78 bits per heavy atom. The largest absolute Gasteiger partial charge is 0.547 e. The van der Waals surface area contributed by atoms with Crippen molar-refractivity contribution in [3.05, 3.63) is 0 Å². The maximum atomic E-state index is 9.94. The molecule has 9 heavy (non-hydrogen) atoms. The number of rotatable bonds is 3. The summed E-state index contributed by atoms with van der Waals surface area (Å²) >= 11 is 0. The quantitative estimate of drug-likeness (QED) is 0.542.